The fourth-order valence-corrected chi connectivity index (χ4v) is 2.61. The molecule has 0 spiro atoms. The molecule has 0 unspecified atom stereocenters. The van der Waals surface area contributed by atoms with E-state index in [4.69, 9.17) is 4.52 Å². The number of halogens is 1. The first-order valence-electron chi connectivity index (χ1n) is 7.66. The molecule has 1 aromatic heterocycles. The molecule has 0 bridgehead atoms. The average molecular weight is 304 g/mol. The molecule has 2 heterocycles. The molecule has 1 aliphatic heterocycles. The van der Waals surface area contributed by atoms with Crippen molar-refractivity contribution in [3.63, 3.8) is 0 Å². The molecule has 0 atom stereocenters. The van der Waals surface area contributed by atoms with Gasteiger partial charge >= 0.3 is 0 Å². The molecular weight excluding hydrogens is 283 g/mol. The third-order valence-corrected chi connectivity index (χ3v) is 3.99. The van der Waals surface area contributed by atoms with Gasteiger partial charge in [-0.25, -0.2) is 4.39 Å². The van der Waals surface area contributed by atoms with Crippen LogP contribution in [0.5, 0.6) is 0 Å². The monoisotopic (exact) mass is 304 g/mol. The summed E-state index contributed by atoms with van der Waals surface area (Å²) in [7, 11) is 2.14. The SMILES string of the molecule is CN1CCN(Cc2noc(CCc3cccc(F)c3)n2)CC1. The zero-order valence-corrected chi connectivity index (χ0v) is 12.8. The van der Waals surface area contributed by atoms with Crippen LogP contribution < -0.4 is 0 Å². The number of hydrogen-bond donors (Lipinski definition) is 0. The molecule has 1 fully saturated rings. The molecule has 0 radical (unpaired) electrons. The van der Waals surface area contributed by atoms with E-state index in [-0.39, 0.29) is 5.82 Å². The van der Waals surface area contributed by atoms with Gasteiger partial charge in [0, 0.05) is 32.6 Å². The Morgan fingerprint density at radius 3 is 2.77 bits per heavy atom. The Labute approximate surface area is 129 Å². The van der Waals surface area contributed by atoms with Gasteiger partial charge in [-0.15, -0.1) is 0 Å². The summed E-state index contributed by atoms with van der Waals surface area (Å²) in [5, 5.41) is 4.04. The van der Waals surface area contributed by atoms with Gasteiger partial charge < -0.3 is 9.42 Å². The molecule has 22 heavy (non-hydrogen) atoms. The lowest BCUT2D eigenvalue weighted by Crippen LogP contribution is -2.44. The van der Waals surface area contributed by atoms with Crippen molar-refractivity contribution >= 4 is 0 Å². The Balaban J connectivity index is 1.51. The molecule has 1 aromatic carbocycles. The molecule has 6 heteroatoms. The summed E-state index contributed by atoms with van der Waals surface area (Å²) in [5.41, 5.74) is 0.943. The molecule has 1 aliphatic rings. The van der Waals surface area contributed by atoms with E-state index in [1.807, 2.05) is 6.07 Å². The Morgan fingerprint density at radius 2 is 2.00 bits per heavy atom. The highest BCUT2D eigenvalue weighted by atomic mass is 19.1. The Morgan fingerprint density at radius 1 is 1.18 bits per heavy atom. The van der Waals surface area contributed by atoms with E-state index in [9.17, 15) is 4.39 Å². The molecule has 1 saturated heterocycles. The third-order valence-electron chi connectivity index (χ3n) is 3.99. The lowest BCUT2D eigenvalue weighted by atomic mass is 10.1. The minimum Gasteiger partial charge on any atom is -0.339 e. The summed E-state index contributed by atoms with van der Waals surface area (Å²) in [6, 6.07) is 6.62. The predicted octanol–water partition coefficient (Wildman–Crippen LogP) is 1.74. The Hall–Kier alpha value is -1.79. The van der Waals surface area contributed by atoms with E-state index >= 15 is 0 Å². The zero-order valence-electron chi connectivity index (χ0n) is 12.8. The number of piperazine rings is 1. The maximum atomic E-state index is 13.1. The highest BCUT2D eigenvalue weighted by molar-refractivity contribution is 5.16. The van der Waals surface area contributed by atoms with Crippen LogP contribution in [0.25, 0.3) is 0 Å². The Bertz CT molecular complexity index is 608. The van der Waals surface area contributed by atoms with E-state index in [0.717, 1.165) is 44.1 Å². The second-order valence-corrected chi connectivity index (χ2v) is 5.81. The lowest BCUT2D eigenvalue weighted by Gasteiger charge is -2.31. The van der Waals surface area contributed by atoms with Crippen molar-refractivity contribution in [1.82, 2.24) is 19.9 Å². The summed E-state index contributed by atoms with van der Waals surface area (Å²) >= 11 is 0. The van der Waals surface area contributed by atoms with Gasteiger partial charge in [-0.2, -0.15) is 4.98 Å². The van der Waals surface area contributed by atoms with Gasteiger partial charge in [0.15, 0.2) is 5.82 Å². The zero-order chi connectivity index (χ0) is 15.4. The van der Waals surface area contributed by atoms with Gasteiger partial charge in [0.25, 0.3) is 0 Å². The number of rotatable bonds is 5. The second-order valence-electron chi connectivity index (χ2n) is 5.81. The fourth-order valence-electron chi connectivity index (χ4n) is 2.61. The molecule has 0 N–H and O–H groups in total. The van der Waals surface area contributed by atoms with Crippen molar-refractivity contribution in [3.05, 3.63) is 47.4 Å². The molecule has 118 valence electrons. The summed E-state index contributed by atoms with van der Waals surface area (Å²) in [6.07, 6.45) is 1.34. The van der Waals surface area contributed by atoms with E-state index in [1.165, 1.54) is 6.07 Å². The van der Waals surface area contributed by atoms with Gasteiger partial charge in [-0.05, 0) is 31.2 Å². The summed E-state index contributed by atoms with van der Waals surface area (Å²) < 4.78 is 18.4. The highest BCUT2D eigenvalue weighted by Gasteiger charge is 2.16. The highest BCUT2D eigenvalue weighted by Crippen LogP contribution is 2.09. The van der Waals surface area contributed by atoms with Crippen LogP contribution in [0.1, 0.15) is 17.3 Å². The van der Waals surface area contributed by atoms with Crippen LogP contribution in [-0.2, 0) is 19.4 Å². The largest absolute Gasteiger partial charge is 0.339 e. The smallest absolute Gasteiger partial charge is 0.227 e. The van der Waals surface area contributed by atoms with E-state index in [1.54, 1.807) is 12.1 Å². The third kappa shape index (κ3) is 4.11. The maximum Gasteiger partial charge on any atom is 0.227 e. The predicted molar refractivity (Wildman–Crippen MR) is 80.9 cm³/mol. The van der Waals surface area contributed by atoms with E-state index in [2.05, 4.69) is 27.0 Å². The van der Waals surface area contributed by atoms with E-state index < -0.39 is 0 Å². The van der Waals surface area contributed by atoms with Gasteiger partial charge in [0.2, 0.25) is 5.89 Å². The van der Waals surface area contributed by atoms with Crippen molar-refractivity contribution in [2.24, 2.45) is 0 Å². The van der Waals surface area contributed by atoms with Gasteiger partial charge in [-0.1, -0.05) is 17.3 Å². The topological polar surface area (TPSA) is 45.4 Å². The van der Waals surface area contributed by atoms with Crippen LogP contribution in [0, 0.1) is 5.82 Å². The molecule has 5 nitrogen and oxygen atoms in total. The minimum atomic E-state index is -0.209. The van der Waals surface area contributed by atoms with Crippen molar-refractivity contribution in [2.75, 3.05) is 33.2 Å². The number of likely N-dealkylation sites (N-methyl/N-ethyl adjacent to an activating group) is 1. The van der Waals surface area contributed by atoms with Crippen LogP contribution in [0.15, 0.2) is 28.8 Å². The lowest BCUT2D eigenvalue weighted by molar-refractivity contribution is 0.144. The number of hydrogen-bond acceptors (Lipinski definition) is 5. The molecule has 0 saturated carbocycles. The van der Waals surface area contributed by atoms with Crippen molar-refractivity contribution < 1.29 is 8.91 Å². The van der Waals surface area contributed by atoms with Crippen molar-refractivity contribution in [1.29, 1.82) is 0 Å². The maximum absolute atomic E-state index is 13.1. The van der Waals surface area contributed by atoms with Gasteiger partial charge in [-0.3, -0.25) is 4.90 Å². The first-order valence-corrected chi connectivity index (χ1v) is 7.66. The molecule has 0 aliphatic carbocycles. The fraction of sp³-hybridized carbons (Fsp3) is 0.500. The standard InChI is InChI=1S/C16H21FN4O/c1-20-7-9-21(10-8-20)12-15-18-16(22-19-15)6-5-13-3-2-4-14(17)11-13/h2-4,11H,5-10,12H2,1H3. The van der Waals surface area contributed by atoms with Gasteiger partial charge in [0.05, 0.1) is 6.54 Å². The quantitative estimate of drug-likeness (QED) is 0.842. The summed E-state index contributed by atoms with van der Waals surface area (Å²) in [5.74, 6) is 1.14. The molecular formula is C16H21FN4O. The number of benzene rings is 1. The van der Waals surface area contributed by atoms with Crippen LogP contribution in [0.2, 0.25) is 0 Å². The van der Waals surface area contributed by atoms with Crippen LogP contribution >= 0.6 is 0 Å². The van der Waals surface area contributed by atoms with Crippen LogP contribution in [0.3, 0.4) is 0 Å². The molecule has 0 amide bonds. The second kappa shape index (κ2) is 6.98. The number of aryl methyl sites for hydroxylation is 2. The normalized spacial score (nSPS) is 17.0. The molecule has 3 rings (SSSR count). The van der Waals surface area contributed by atoms with E-state index in [0.29, 0.717) is 18.7 Å². The summed E-state index contributed by atoms with van der Waals surface area (Å²) in [4.78, 5) is 9.09. The first kappa shape index (κ1) is 15.1. The minimum absolute atomic E-state index is 0.209. The van der Waals surface area contributed by atoms with Crippen LogP contribution in [0.4, 0.5) is 4.39 Å². The Kier molecular flexibility index (Phi) is 4.80. The van der Waals surface area contributed by atoms with Crippen molar-refractivity contribution in [3.8, 4) is 0 Å². The molecule has 2 aromatic rings. The van der Waals surface area contributed by atoms with Crippen molar-refractivity contribution in [2.45, 2.75) is 19.4 Å². The number of nitrogens with zero attached hydrogens (tertiary/aromatic N) is 4. The number of aromatic nitrogens is 2. The van der Waals surface area contributed by atoms with Crippen LogP contribution in [-0.4, -0.2) is 53.2 Å². The summed E-state index contributed by atoms with van der Waals surface area (Å²) in [6.45, 7) is 4.94. The average Bonchev–Trinajstić information content (AvgIpc) is 2.95. The van der Waals surface area contributed by atoms with Gasteiger partial charge in [0.1, 0.15) is 5.82 Å². The first-order chi connectivity index (χ1) is 10.7.